The van der Waals surface area contributed by atoms with Crippen molar-refractivity contribution in [1.29, 1.82) is 0 Å². The molecule has 2 aromatic rings. The van der Waals surface area contributed by atoms with Gasteiger partial charge in [0, 0.05) is 23.9 Å². The molecular formula is C15H17Cl2N3O2. The number of hydrogen-bond donors (Lipinski definition) is 2. The number of halogens is 2. The SMILES string of the molecule is CC(CCCO)NC(=O)c1ccn(-c2ccc(Cl)cc2Cl)n1. The summed E-state index contributed by atoms with van der Waals surface area (Å²) in [7, 11) is 0. The van der Waals surface area contributed by atoms with Crippen molar-refractivity contribution in [3.8, 4) is 5.69 Å². The quantitative estimate of drug-likeness (QED) is 0.848. The van der Waals surface area contributed by atoms with Gasteiger partial charge in [0.1, 0.15) is 0 Å². The summed E-state index contributed by atoms with van der Waals surface area (Å²) < 4.78 is 1.53. The largest absolute Gasteiger partial charge is 0.396 e. The number of aliphatic hydroxyl groups excluding tert-OH is 1. The van der Waals surface area contributed by atoms with E-state index >= 15 is 0 Å². The highest BCUT2D eigenvalue weighted by Gasteiger charge is 2.14. The van der Waals surface area contributed by atoms with Crippen molar-refractivity contribution < 1.29 is 9.90 Å². The fraction of sp³-hybridized carbons (Fsp3) is 0.333. The van der Waals surface area contributed by atoms with Gasteiger partial charge in [-0.15, -0.1) is 0 Å². The first-order chi connectivity index (χ1) is 10.5. The Labute approximate surface area is 138 Å². The molecule has 0 aliphatic rings. The Morgan fingerprint density at radius 3 is 2.86 bits per heavy atom. The van der Waals surface area contributed by atoms with E-state index in [2.05, 4.69) is 10.4 Å². The molecule has 1 aromatic carbocycles. The van der Waals surface area contributed by atoms with Gasteiger partial charge in [-0.25, -0.2) is 4.68 Å². The van der Waals surface area contributed by atoms with Crippen LogP contribution in [0.25, 0.3) is 5.69 Å². The van der Waals surface area contributed by atoms with E-state index in [1.165, 1.54) is 4.68 Å². The van der Waals surface area contributed by atoms with E-state index < -0.39 is 0 Å². The number of nitrogens with zero attached hydrogens (tertiary/aromatic N) is 2. The Kier molecular flexibility index (Phi) is 5.83. The lowest BCUT2D eigenvalue weighted by Crippen LogP contribution is -2.33. The number of hydrogen-bond acceptors (Lipinski definition) is 3. The number of carbonyl (C=O) groups excluding carboxylic acids is 1. The van der Waals surface area contributed by atoms with Crippen LogP contribution in [-0.2, 0) is 0 Å². The second kappa shape index (κ2) is 7.63. The number of carbonyl (C=O) groups is 1. The second-order valence-corrected chi connectivity index (χ2v) is 5.83. The molecule has 0 bridgehead atoms. The van der Waals surface area contributed by atoms with E-state index in [-0.39, 0.29) is 18.6 Å². The standard InChI is InChI=1S/C15H17Cl2N3O2/c1-10(3-2-8-21)18-15(22)13-6-7-20(19-13)14-5-4-11(16)9-12(14)17/h4-7,9-10,21H,2-3,8H2,1H3,(H,18,22). The maximum atomic E-state index is 12.1. The third-order valence-electron chi connectivity index (χ3n) is 3.15. The average Bonchev–Trinajstić information content (AvgIpc) is 2.94. The summed E-state index contributed by atoms with van der Waals surface area (Å²) >= 11 is 12.0. The first-order valence-corrected chi connectivity index (χ1v) is 7.69. The van der Waals surface area contributed by atoms with E-state index in [4.69, 9.17) is 28.3 Å². The zero-order valence-corrected chi connectivity index (χ0v) is 13.6. The van der Waals surface area contributed by atoms with Crippen LogP contribution in [0.4, 0.5) is 0 Å². The van der Waals surface area contributed by atoms with Crippen molar-refractivity contribution >= 4 is 29.1 Å². The third kappa shape index (κ3) is 4.22. The minimum Gasteiger partial charge on any atom is -0.396 e. The maximum Gasteiger partial charge on any atom is 0.271 e. The summed E-state index contributed by atoms with van der Waals surface area (Å²) in [5, 5.41) is 16.9. The van der Waals surface area contributed by atoms with Crippen LogP contribution in [0.2, 0.25) is 10.0 Å². The fourth-order valence-corrected chi connectivity index (χ4v) is 2.51. The number of amides is 1. The third-order valence-corrected chi connectivity index (χ3v) is 3.69. The van der Waals surface area contributed by atoms with Crippen molar-refractivity contribution in [2.24, 2.45) is 0 Å². The van der Waals surface area contributed by atoms with E-state index in [0.29, 0.717) is 34.3 Å². The predicted octanol–water partition coefficient (Wildman–Crippen LogP) is 3.07. The van der Waals surface area contributed by atoms with Crippen LogP contribution in [-0.4, -0.2) is 33.4 Å². The Morgan fingerprint density at radius 2 is 2.18 bits per heavy atom. The van der Waals surface area contributed by atoms with Crippen molar-refractivity contribution in [2.75, 3.05) is 6.61 Å². The Bertz CT molecular complexity index is 658. The van der Waals surface area contributed by atoms with Gasteiger partial charge in [0.2, 0.25) is 0 Å². The van der Waals surface area contributed by atoms with E-state index in [1.54, 1.807) is 30.5 Å². The second-order valence-electron chi connectivity index (χ2n) is 4.98. The Hall–Kier alpha value is -1.56. The molecule has 22 heavy (non-hydrogen) atoms. The van der Waals surface area contributed by atoms with Crippen LogP contribution in [0.15, 0.2) is 30.5 Å². The summed E-state index contributed by atoms with van der Waals surface area (Å²) in [5.74, 6) is -0.255. The van der Waals surface area contributed by atoms with Gasteiger partial charge in [-0.3, -0.25) is 4.79 Å². The van der Waals surface area contributed by atoms with Crippen molar-refractivity contribution in [1.82, 2.24) is 15.1 Å². The highest BCUT2D eigenvalue weighted by molar-refractivity contribution is 6.35. The molecule has 2 N–H and O–H groups in total. The van der Waals surface area contributed by atoms with Gasteiger partial charge in [-0.05, 0) is 44.0 Å². The van der Waals surface area contributed by atoms with Gasteiger partial charge in [0.15, 0.2) is 5.69 Å². The van der Waals surface area contributed by atoms with Crippen molar-refractivity contribution in [3.05, 3.63) is 46.2 Å². The molecule has 0 aliphatic heterocycles. The highest BCUT2D eigenvalue weighted by Crippen LogP contribution is 2.23. The van der Waals surface area contributed by atoms with Gasteiger partial charge in [0.25, 0.3) is 5.91 Å². The highest BCUT2D eigenvalue weighted by atomic mass is 35.5. The molecule has 0 saturated heterocycles. The molecule has 0 spiro atoms. The summed E-state index contributed by atoms with van der Waals surface area (Å²) in [4.78, 5) is 12.1. The number of benzene rings is 1. The molecule has 5 nitrogen and oxygen atoms in total. The molecule has 0 aliphatic carbocycles. The summed E-state index contributed by atoms with van der Waals surface area (Å²) in [6, 6.07) is 6.67. The fourth-order valence-electron chi connectivity index (χ4n) is 2.01. The van der Waals surface area contributed by atoms with Crippen LogP contribution in [0, 0.1) is 0 Å². The lowest BCUT2D eigenvalue weighted by Gasteiger charge is -2.11. The van der Waals surface area contributed by atoms with E-state index in [1.807, 2.05) is 6.92 Å². The van der Waals surface area contributed by atoms with Crippen LogP contribution in [0.5, 0.6) is 0 Å². The molecule has 1 heterocycles. The number of aromatic nitrogens is 2. The van der Waals surface area contributed by atoms with Crippen molar-refractivity contribution in [3.63, 3.8) is 0 Å². The lowest BCUT2D eigenvalue weighted by atomic mass is 10.2. The normalized spacial score (nSPS) is 12.2. The number of rotatable bonds is 6. The van der Waals surface area contributed by atoms with Crippen LogP contribution in [0.1, 0.15) is 30.3 Å². The molecule has 1 unspecified atom stereocenters. The molecule has 0 fully saturated rings. The number of aliphatic hydroxyl groups is 1. The monoisotopic (exact) mass is 341 g/mol. The molecule has 1 atom stereocenters. The van der Waals surface area contributed by atoms with Crippen LogP contribution >= 0.6 is 23.2 Å². The smallest absolute Gasteiger partial charge is 0.271 e. The predicted molar refractivity (Wildman–Crippen MR) is 86.8 cm³/mol. The van der Waals surface area contributed by atoms with Crippen LogP contribution < -0.4 is 5.32 Å². The molecule has 0 saturated carbocycles. The molecule has 118 valence electrons. The maximum absolute atomic E-state index is 12.1. The average molecular weight is 342 g/mol. The van der Waals surface area contributed by atoms with Crippen LogP contribution in [0.3, 0.4) is 0 Å². The van der Waals surface area contributed by atoms with Crippen molar-refractivity contribution in [2.45, 2.75) is 25.8 Å². The molecule has 7 heteroatoms. The topological polar surface area (TPSA) is 67.2 Å². The first kappa shape index (κ1) is 16.8. The number of nitrogens with one attached hydrogen (secondary N) is 1. The van der Waals surface area contributed by atoms with E-state index in [9.17, 15) is 4.79 Å². The zero-order valence-electron chi connectivity index (χ0n) is 12.1. The zero-order chi connectivity index (χ0) is 16.1. The van der Waals surface area contributed by atoms with Gasteiger partial charge in [0.05, 0.1) is 10.7 Å². The Morgan fingerprint density at radius 1 is 1.41 bits per heavy atom. The van der Waals surface area contributed by atoms with Gasteiger partial charge >= 0.3 is 0 Å². The minimum absolute atomic E-state index is 0.0241. The lowest BCUT2D eigenvalue weighted by molar-refractivity contribution is 0.0931. The Balaban J connectivity index is 2.09. The van der Waals surface area contributed by atoms with E-state index in [0.717, 1.165) is 0 Å². The van der Waals surface area contributed by atoms with Gasteiger partial charge in [-0.2, -0.15) is 5.10 Å². The molecule has 1 amide bonds. The molecule has 1 aromatic heterocycles. The molecule has 2 rings (SSSR count). The van der Waals surface area contributed by atoms with Gasteiger partial charge in [-0.1, -0.05) is 23.2 Å². The summed E-state index contributed by atoms with van der Waals surface area (Å²) in [6.07, 6.45) is 3.03. The van der Waals surface area contributed by atoms with Gasteiger partial charge < -0.3 is 10.4 Å². The molecular weight excluding hydrogens is 325 g/mol. The molecule has 0 radical (unpaired) electrons. The summed E-state index contributed by atoms with van der Waals surface area (Å²) in [6.45, 7) is 2.00. The minimum atomic E-state index is -0.255. The summed E-state index contributed by atoms with van der Waals surface area (Å²) in [5.41, 5.74) is 0.959. The first-order valence-electron chi connectivity index (χ1n) is 6.94.